The van der Waals surface area contributed by atoms with Gasteiger partial charge in [-0.25, -0.2) is 4.79 Å². The van der Waals surface area contributed by atoms with Crippen LogP contribution in [0.3, 0.4) is 0 Å². The maximum absolute atomic E-state index is 12.0. The number of carbonyl (C=O) groups excluding carboxylic acids is 1. The molecule has 2 aromatic rings. The summed E-state index contributed by atoms with van der Waals surface area (Å²) in [6.45, 7) is 3.23. The maximum atomic E-state index is 12.0. The largest absolute Gasteiger partial charge is 0.491 e. The molecule has 120 valence electrons. The molecule has 2 amide bonds. The molecule has 0 radical (unpaired) electrons. The summed E-state index contributed by atoms with van der Waals surface area (Å²) in [7, 11) is 0. The van der Waals surface area contributed by atoms with Crippen molar-refractivity contribution in [2.45, 2.75) is 25.8 Å². The number of amides is 2. The number of ether oxygens (including phenoxy) is 1. The van der Waals surface area contributed by atoms with Crippen molar-refractivity contribution in [1.82, 2.24) is 10.6 Å². The quantitative estimate of drug-likeness (QED) is 0.912. The summed E-state index contributed by atoms with van der Waals surface area (Å²) >= 11 is 0. The average Bonchev–Trinajstić information content (AvgIpc) is 2.56. The molecule has 0 saturated heterocycles. The molecule has 0 aliphatic carbocycles. The van der Waals surface area contributed by atoms with Gasteiger partial charge in [-0.1, -0.05) is 42.5 Å². The lowest BCUT2D eigenvalue weighted by Crippen LogP contribution is -2.47. The molecule has 3 rings (SSSR count). The second-order valence-corrected chi connectivity index (χ2v) is 5.90. The zero-order valence-electron chi connectivity index (χ0n) is 13.3. The number of carbonyl (C=O) groups is 1. The second-order valence-electron chi connectivity index (χ2n) is 5.90. The van der Waals surface area contributed by atoms with Crippen molar-refractivity contribution in [2.24, 2.45) is 0 Å². The first-order valence-electron chi connectivity index (χ1n) is 8.02. The highest BCUT2D eigenvalue weighted by Gasteiger charge is 2.20. The summed E-state index contributed by atoms with van der Waals surface area (Å²) in [6.07, 6.45) is 1.64. The predicted octanol–water partition coefficient (Wildman–Crippen LogP) is 2.84. The highest BCUT2D eigenvalue weighted by molar-refractivity contribution is 5.74. The summed E-state index contributed by atoms with van der Waals surface area (Å²) < 4.78 is 5.68. The number of hydrogen-bond acceptors (Lipinski definition) is 2. The van der Waals surface area contributed by atoms with Gasteiger partial charge in [0.25, 0.3) is 0 Å². The van der Waals surface area contributed by atoms with Gasteiger partial charge in [0.2, 0.25) is 0 Å². The molecule has 1 heterocycles. The first-order chi connectivity index (χ1) is 11.2. The Labute approximate surface area is 136 Å². The van der Waals surface area contributed by atoms with Crippen LogP contribution >= 0.6 is 0 Å². The van der Waals surface area contributed by atoms with E-state index >= 15 is 0 Å². The van der Waals surface area contributed by atoms with E-state index in [1.54, 1.807) is 0 Å². The van der Waals surface area contributed by atoms with Crippen molar-refractivity contribution in [3.05, 3.63) is 65.2 Å². The number of nitrogens with one attached hydrogen (secondary N) is 2. The van der Waals surface area contributed by atoms with Gasteiger partial charge in [-0.15, -0.1) is 0 Å². The Morgan fingerprint density at radius 3 is 2.83 bits per heavy atom. The van der Waals surface area contributed by atoms with Gasteiger partial charge in [0.15, 0.2) is 0 Å². The van der Waals surface area contributed by atoms with Crippen molar-refractivity contribution in [1.29, 1.82) is 0 Å². The average molecular weight is 310 g/mol. The van der Waals surface area contributed by atoms with Gasteiger partial charge < -0.3 is 15.4 Å². The lowest BCUT2D eigenvalue weighted by Gasteiger charge is -2.26. The van der Waals surface area contributed by atoms with Gasteiger partial charge in [-0.3, -0.25) is 0 Å². The molecule has 1 aliphatic heterocycles. The van der Waals surface area contributed by atoms with E-state index in [4.69, 9.17) is 4.74 Å². The van der Waals surface area contributed by atoms with Gasteiger partial charge in [-0.2, -0.15) is 0 Å². The third-order valence-electron chi connectivity index (χ3n) is 4.16. The van der Waals surface area contributed by atoms with Crippen LogP contribution in [0.2, 0.25) is 0 Å². The summed E-state index contributed by atoms with van der Waals surface area (Å²) in [5.41, 5.74) is 3.67. The third kappa shape index (κ3) is 4.03. The molecule has 1 aliphatic rings. The summed E-state index contributed by atoms with van der Waals surface area (Å²) in [6, 6.07) is 16.1. The monoisotopic (exact) mass is 310 g/mol. The van der Waals surface area contributed by atoms with Crippen LogP contribution in [0.4, 0.5) is 4.79 Å². The van der Waals surface area contributed by atoms with Crippen LogP contribution in [0.25, 0.3) is 0 Å². The van der Waals surface area contributed by atoms with Crippen molar-refractivity contribution in [2.75, 3.05) is 13.2 Å². The Kier molecular flexibility index (Phi) is 4.81. The lowest BCUT2D eigenvalue weighted by molar-refractivity contribution is 0.214. The highest BCUT2D eigenvalue weighted by atomic mass is 16.5. The molecule has 4 heteroatoms. The van der Waals surface area contributed by atoms with Gasteiger partial charge in [-0.05, 0) is 42.5 Å². The molecule has 0 fully saturated rings. The van der Waals surface area contributed by atoms with E-state index in [1.807, 2.05) is 36.4 Å². The zero-order chi connectivity index (χ0) is 16.1. The lowest BCUT2D eigenvalue weighted by atomic mass is 10.0. The molecule has 0 spiro atoms. The first-order valence-corrected chi connectivity index (χ1v) is 8.02. The Hall–Kier alpha value is -2.49. The second kappa shape index (κ2) is 7.18. The normalized spacial score (nSPS) is 16.1. The predicted molar refractivity (Wildman–Crippen MR) is 90.8 cm³/mol. The molecule has 2 aromatic carbocycles. The van der Waals surface area contributed by atoms with Crippen LogP contribution in [0, 0.1) is 6.92 Å². The van der Waals surface area contributed by atoms with Crippen LogP contribution < -0.4 is 15.4 Å². The minimum absolute atomic E-state index is 0.0170. The van der Waals surface area contributed by atoms with E-state index in [-0.39, 0.29) is 12.1 Å². The van der Waals surface area contributed by atoms with Crippen LogP contribution in [0.15, 0.2) is 48.5 Å². The number of para-hydroxylation sites is 1. The molecule has 1 atom stereocenters. The van der Waals surface area contributed by atoms with E-state index in [0.717, 1.165) is 24.2 Å². The van der Waals surface area contributed by atoms with Crippen molar-refractivity contribution in [3.63, 3.8) is 0 Å². The van der Waals surface area contributed by atoms with Crippen molar-refractivity contribution in [3.8, 4) is 5.75 Å². The van der Waals surface area contributed by atoms with Gasteiger partial charge in [0.05, 0.1) is 6.04 Å². The molecule has 0 saturated carbocycles. The molecular weight excluding hydrogens is 288 g/mol. The molecular formula is C19H22N2O2. The minimum Gasteiger partial charge on any atom is -0.491 e. The van der Waals surface area contributed by atoms with Crippen molar-refractivity contribution >= 4 is 6.03 Å². The molecule has 4 nitrogen and oxygen atoms in total. The van der Waals surface area contributed by atoms with Crippen LogP contribution in [0.1, 0.15) is 16.7 Å². The number of aryl methyl sites for hydroxylation is 1. The highest BCUT2D eigenvalue weighted by Crippen LogP contribution is 2.23. The van der Waals surface area contributed by atoms with E-state index in [0.29, 0.717) is 13.2 Å². The van der Waals surface area contributed by atoms with Crippen molar-refractivity contribution < 1.29 is 9.53 Å². The Morgan fingerprint density at radius 1 is 1.17 bits per heavy atom. The fraction of sp³-hybridized carbons (Fsp3) is 0.316. The number of fused-ring (bicyclic) bond motifs is 1. The van der Waals surface area contributed by atoms with E-state index < -0.39 is 0 Å². The van der Waals surface area contributed by atoms with E-state index in [2.05, 4.69) is 29.7 Å². The number of benzene rings is 2. The Morgan fingerprint density at radius 2 is 1.96 bits per heavy atom. The fourth-order valence-corrected chi connectivity index (χ4v) is 2.86. The Balaban J connectivity index is 1.44. The maximum Gasteiger partial charge on any atom is 0.315 e. The van der Waals surface area contributed by atoms with E-state index in [9.17, 15) is 4.79 Å². The number of rotatable bonds is 4. The van der Waals surface area contributed by atoms with Gasteiger partial charge in [0, 0.05) is 6.54 Å². The van der Waals surface area contributed by atoms with Crippen LogP contribution in [0.5, 0.6) is 5.75 Å². The number of urea groups is 1. The van der Waals surface area contributed by atoms with Gasteiger partial charge in [0.1, 0.15) is 12.4 Å². The molecule has 1 unspecified atom stereocenters. The molecule has 0 aromatic heterocycles. The molecule has 0 bridgehead atoms. The molecule has 2 N–H and O–H groups in total. The minimum atomic E-state index is -0.133. The smallest absolute Gasteiger partial charge is 0.315 e. The standard InChI is InChI=1S/C19H22N2O2/c1-14-6-2-3-7-15(14)10-11-20-19(22)21-17-12-16-8-4-5-9-18(16)23-13-17/h2-9,17H,10-13H2,1H3,(H2,20,21,22). The summed E-state index contributed by atoms with van der Waals surface area (Å²) in [5, 5.41) is 5.91. The molecule has 23 heavy (non-hydrogen) atoms. The zero-order valence-corrected chi connectivity index (χ0v) is 13.3. The Bertz CT molecular complexity index is 685. The fourth-order valence-electron chi connectivity index (χ4n) is 2.86. The number of hydrogen-bond donors (Lipinski definition) is 2. The van der Waals surface area contributed by atoms with E-state index in [1.165, 1.54) is 11.1 Å². The SMILES string of the molecule is Cc1ccccc1CCNC(=O)NC1COc2ccccc2C1. The first kappa shape index (κ1) is 15.4. The van der Waals surface area contributed by atoms with Gasteiger partial charge >= 0.3 is 6.03 Å². The topological polar surface area (TPSA) is 50.4 Å². The summed E-state index contributed by atoms with van der Waals surface area (Å²) in [5.74, 6) is 0.922. The summed E-state index contributed by atoms with van der Waals surface area (Å²) in [4.78, 5) is 12.0. The van der Waals surface area contributed by atoms with Crippen LogP contribution in [-0.4, -0.2) is 25.2 Å². The van der Waals surface area contributed by atoms with Crippen LogP contribution in [-0.2, 0) is 12.8 Å². The third-order valence-corrected chi connectivity index (χ3v) is 4.16.